The van der Waals surface area contributed by atoms with Gasteiger partial charge in [0.25, 0.3) is 5.91 Å². The van der Waals surface area contributed by atoms with Crippen LogP contribution in [-0.4, -0.2) is 31.7 Å². The normalized spacial score (nSPS) is 15.7. The van der Waals surface area contributed by atoms with E-state index in [0.29, 0.717) is 24.2 Å². The van der Waals surface area contributed by atoms with Gasteiger partial charge in [0, 0.05) is 24.3 Å². The molecule has 2 aromatic rings. The highest BCUT2D eigenvalue weighted by atomic mass is 32.2. The molecule has 1 aliphatic rings. The molecule has 6 heteroatoms. The summed E-state index contributed by atoms with van der Waals surface area (Å²) in [6, 6.07) is 8.96. The van der Waals surface area contributed by atoms with Crippen LogP contribution in [0.5, 0.6) is 0 Å². The Bertz CT molecular complexity index is 997. The van der Waals surface area contributed by atoms with Crippen molar-refractivity contribution in [3.8, 4) is 0 Å². The second-order valence-electron chi connectivity index (χ2n) is 8.03. The van der Waals surface area contributed by atoms with Gasteiger partial charge in [-0.1, -0.05) is 36.6 Å². The van der Waals surface area contributed by atoms with Crippen LogP contribution >= 0.6 is 0 Å². The van der Waals surface area contributed by atoms with Gasteiger partial charge in [0.05, 0.1) is 4.90 Å². The average molecular weight is 415 g/mol. The average Bonchev–Trinajstić information content (AvgIpc) is 2.94. The second-order valence-corrected chi connectivity index (χ2v) is 9.93. The summed E-state index contributed by atoms with van der Waals surface area (Å²) in [7, 11) is -3.61. The van der Waals surface area contributed by atoms with E-state index in [9.17, 15) is 13.2 Å². The van der Waals surface area contributed by atoms with Crippen LogP contribution in [0.15, 0.2) is 35.2 Å². The molecule has 0 bridgehead atoms. The molecule has 5 nitrogen and oxygen atoms in total. The molecule has 1 saturated heterocycles. The fourth-order valence-corrected chi connectivity index (χ4v) is 5.77. The van der Waals surface area contributed by atoms with Crippen LogP contribution in [0.25, 0.3) is 0 Å². The van der Waals surface area contributed by atoms with E-state index in [2.05, 4.69) is 5.32 Å². The van der Waals surface area contributed by atoms with Crippen LogP contribution in [0.1, 0.15) is 58.3 Å². The molecule has 0 unspecified atom stereocenters. The lowest BCUT2D eigenvalue weighted by molar-refractivity contribution is 0.102. The first-order valence-electron chi connectivity index (χ1n) is 10.2. The van der Waals surface area contributed by atoms with E-state index in [1.54, 1.807) is 23.4 Å². The monoisotopic (exact) mass is 414 g/mol. The predicted molar refractivity (Wildman–Crippen MR) is 117 cm³/mol. The summed E-state index contributed by atoms with van der Waals surface area (Å²) in [4.78, 5) is 13.1. The third-order valence-electron chi connectivity index (χ3n) is 5.55. The number of hydrogen-bond acceptors (Lipinski definition) is 3. The van der Waals surface area contributed by atoms with E-state index in [4.69, 9.17) is 0 Å². The number of rotatable bonds is 4. The van der Waals surface area contributed by atoms with Crippen molar-refractivity contribution in [2.75, 3.05) is 18.4 Å². The molecular formula is C23H30N2O3S. The lowest BCUT2D eigenvalue weighted by atomic mass is 10.0. The van der Waals surface area contributed by atoms with E-state index in [1.807, 2.05) is 32.9 Å². The van der Waals surface area contributed by atoms with Crippen molar-refractivity contribution < 1.29 is 13.2 Å². The zero-order valence-corrected chi connectivity index (χ0v) is 18.5. The highest BCUT2D eigenvalue weighted by molar-refractivity contribution is 7.89. The van der Waals surface area contributed by atoms with Gasteiger partial charge in [-0.2, -0.15) is 4.31 Å². The van der Waals surface area contributed by atoms with Gasteiger partial charge in [-0.15, -0.1) is 0 Å². The summed E-state index contributed by atoms with van der Waals surface area (Å²) in [5.41, 5.74) is 4.90. The zero-order chi connectivity index (χ0) is 21.2. The largest absolute Gasteiger partial charge is 0.322 e. The number of nitrogens with zero attached hydrogens (tertiary/aromatic N) is 1. The second kappa shape index (κ2) is 8.67. The Balaban J connectivity index is 1.91. The van der Waals surface area contributed by atoms with Crippen molar-refractivity contribution in [2.24, 2.45) is 0 Å². The first-order chi connectivity index (χ1) is 13.7. The maximum Gasteiger partial charge on any atom is 0.255 e. The molecule has 0 atom stereocenters. The van der Waals surface area contributed by atoms with Crippen molar-refractivity contribution in [3.05, 3.63) is 58.1 Å². The molecule has 0 radical (unpaired) electrons. The Morgan fingerprint density at radius 2 is 1.45 bits per heavy atom. The molecule has 0 aromatic heterocycles. The van der Waals surface area contributed by atoms with Crippen molar-refractivity contribution in [1.82, 2.24) is 4.31 Å². The van der Waals surface area contributed by atoms with Gasteiger partial charge < -0.3 is 5.32 Å². The quantitative estimate of drug-likeness (QED) is 0.786. The minimum Gasteiger partial charge on any atom is -0.322 e. The molecule has 0 saturated carbocycles. The van der Waals surface area contributed by atoms with Crippen LogP contribution in [0.4, 0.5) is 5.69 Å². The molecule has 1 heterocycles. The number of aryl methyl sites for hydroxylation is 4. The lowest BCUT2D eigenvalue weighted by Crippen LogP contribution is -2.32. The van der Waals surface area contributed by atoms with E-state index in [-0.39, 0.29) is 10.8 Å². The zero-order valence-electron chi connectivity index (χ0n) is 17.7. The van der Waals surface area contributed by atoms with Crippen LogP contribution in [0.3, 0.4) is 0 Å². The molecule has 1 fully saturated rings. The molecule has 1 aliphatic heterocycles. The van der Waals surface area contributed by atoms with E-state index < -0.39 is 10.0 Å². The molecule has 3 rings (SSSR count). The number of amides is 1. The fourth-order valence-electron chi connectivity index (χ4n) is 4.00. The smallest absolute Gasteiger partial charge is 0.255 e. The summed E-state index contributed by atoms with van der Waals surface area (Å²) < 4.78 is 28.0. The minimum atomic E-state index is -3.61. The van der Waals surface area contributed by atoms with Gasteiger partial charge in [-0.25, -0.2) is 8.42 Å². The van der Waals surface area contributed by atoms with Crippen LogP contribution < -0.4 is 5.32 Å². The number of hydrogen-bond donors (Lipinski definition) is 1. The van der Waals surface area contributed by atoms with Gasteiger partial charge >= 0.3 is 0 Å². The van der Waals surface area contributed by atoms with Crippen molar-refractivity contribution in [2.45, 2.75) is 58.3 Å². The molecule has 1 amide bonds. The SMILES string of the molecule is Cc1cc(C)c(NC(=O)c2ccc(C)c(S(=O)(=O)N3CCCCCC3)c2)c(C)c1. The topological polar surface area (TPSA) is 66.5 Å². The lowest BCUT2D eigenvalue weighted by Gasteiger charge is -2.21. The first kappa shape index (κ1) is 21.5. The summed E-state index contributed by atoms with van der Waals surface area (Å²) in [5, 5.41) is 2.96. The van der Waals surface area contributed by atoms with Gasteiger partial charge in [-0.3, -0.25) is 4.79 Å². The minimum absolute atomic E-state index is 0.226. The third kappa shape index (κ3) is 4.70. The van der Waals surface area contributed by atoms with Crippen molar-refractivity contribution >= 4 is 21.6 Å². The number of benzene rings is 2. The Kier molecular flexibility index (Phi) is 6.44. The standard InChI is InChI=1S/C23H30N2O3S/c1-16-13-18(3)22(19(4)14-16)24-23(26)20-10-9-17(2)21(15-20)29(27,28)25-11-7-5-6-8-12-25/h9-10,13-15H,5-8,11-12H2,1-4H3,(H,24,26). The maximum absolute atomic E-state index is 13.2. The Morgan fingerprint density at radius 1 is 0.862 bits per heavy atom. The van der Waals surface area contributed by atoms with Gasteiger partial charge in [0.1, 0.15) is 0 Å². The number of sulfonamides is 1. The molecule has 0 spiro atoms. The summed E-state index contributed by atoms with van der Waals surface area (Å²) in [6.07, 6.45) is 3.88. The Hall–Kier alpha value is -2.18. The number of carbonyl (C=O) groups is 1. The van der Waals surface area contributed by atoms with Crippen LogP contribution in [-0.2, 0) is 10.0 Å². The fraction of sp³-hybridized carbons (Fsp3) is 0.435. The Labute approximate surface area is 174 Å². The van der Waals surface area contributed by atoms with Gasteiger partial charge in [0.2, 0.25) is 10.0 Å². The number of anilines is 1. The van der Waals surface area contributed by atoms with Crippen LogP contribution in [0.2, 0.25) is 0 Å². The summed E-state index contributed by atoms with van der Waals surface area (Å²) >= 11 is 0. The highest BCUT2D eigenvalue weighted by Gasteiger charge is 2.27. The van der Waals surface area contributed by atoms with Crippen LogP contribution in [0, 0.1) is 27.7 Å². The van der Waals surface area contributed by atoms with Crippen molar-refractivity contribution in [1.29, 1.82) is 0 Å². The van der Waals surface area contributed by atoms with E-state index in [0.717, 1.165) is 48.1 Å². The van der Waals surface area contributed by atoms with Gasteiger partial charge in [0.15, 0.2) is 0 Å². The highest BCUT2D eigenvalue weighted by Crippen LogP contribution is 2.26. The van der Waals surface area contributed by atoms with Crippen molar-refractivity contribution in [3.63, 3.8) is 0 Å². The van der Waals surface area contributed by atoms with E-state index >= 15 is 0 Å². The molecular weight excluding hydrogens is 384 g/mol. The maximum atomic E-state index is 13.2. The molecule has 1 N–H and O–H groups in total. The molecule has 29 heavy (non-hydrogen) atoms. The molecule has 0 aliphatic carbocycles. The third-order valence-corrected chi connectivity index (χ3v) is 7.59. The molecule has 2 aromatic carbocycles. The first-order valence-corrected chi connectivity index (χ1v) is 11.6. The summed E-state index contributed by atoms with van der Waals surface area (Å²) in [6.45, 7) is 8.80. The number of carbonyl (C=O) groups excluding carboxylic acids is 1. The number of nitrogens with one attached hydrogen (secondary N) is 1. The van der Waals surface area contributed by atoms with E-state index in [1.165, 1.54) is 6.07 Å². The predicted octanol–water partition coefficient (Wildman–Crippen LogP) is 4.74. The van der Waals surface area contributed by atoms with Gasteiger partial charge in [-0.05, 0) is 69.4 Å². The summed E-state index contributed by atoms with van der Waals surface area (Å²) in [5.74, 6) is -0.299. The molecule has 156 valence electrons. The Morgan fingerprint density at radius 3 is 2.03 bits per heavy atom.